The molecule has 0 amide bonds. The van der Waals surface area contributed by atoms with Crippen LogP contribution in [0.2, 0.25) is 0 Å². The van der Waals surface area contributed by atoms with Crippen molar-refractivity contribution in [3.05, 3.63) is 57.6 Å². The van der Waals surface area contributed by atoms with Crippen molar-refractivity contribution in [3.63, 3.8) is 0 Å². The Kier molecular flexibility index (Phi) is 6.54. The molecule has 4 bridgehead atoms. The second-order valence-corrected chi connectivity index (χ2v) is 15.7. The molecule has 0 aromatic heterocycles. The van der Waals surface area contributed by atoms with E-state index in [9.17, 15) is 10.2 Å². The smallest absolute Gasteiger partial charge is 0.119 e. The number of aryl methyl sites for hydroxylation is 2. The molecule has 0 spiro atoms. The van der Waals surface area contributed by atoms with Gasteiger partial charge in [-0.15, -0.1) is 0 Å². The minimum atomic E-state index is 0.350. The van der Waals surface area contributed by atoms with Crippen LogP contribution in [0, 0.1) is 48.9 Å². The maximum Gasteiger partial charge on any atom is 0.119 e. The van der Waals surface area contributed by atoms with Crippen LogP contribution < -0.4 is 0 Å². The predicted octanol–water partition coefficient (Wildman–Crippen LogP) is 10.4. The quantitative estimate of drug-likeness (QED) is 0.362. The van der Waals surface area contributed by atoms with E-state index >= 15 is 0 Å². The first-order valence-electron chi connectivity index (χ1n) is 17.6. The van der Waals surface area contributed by atoms with Crippen LogP contribution in [0.25, 0.3) is 0 Å². The first-order valence-corrected chi connectivity index (χ1v) is 17.6. The molecular formula is C39H52O2. The van der Waals surface area contributed by atoms with Crippen LogP contribution in [-0.4, -0.2) is 10.2 Å². The van der Waals surface area contributed by atoms with Crippen molar-refractivity contribution in [3.8, 4) is 11.5 Å². The van der Waals surface area contributed by atoms with E-state index in [1.165, 1.54) is 136 Å². The molecule has 6 aliphatic rings. The minimum absolute atomic E-state index is 0.350. The van der Waals surface area contributed by atoms with Crippen LogP contribution in [0.4, 0.5) is 0 Å². The Hall–Kier alpha value is -1.96. The van der Waals surface area contributed by atoms with Gasteiger partial charge >= 0.3 is 0 Å². The summed E-state index contributed by atoms with van der Waals surface area (Å²) < 4.78 is 0. The summed E-state index contributed by atoms with van der Waals surface area (Å²) in [6.45, 7) is 4.58. The van der Waals surface area contributed by atoms with Gasteiger partial charge in [-0.2, -0.15) is 0 Å². The van der Waals surface area contributed by atoms with E-state index in [1.807, 2.05) is 0 Å². The summed E-state index contributed by atoms with van der Waals surface area (Å²) in [7, 11) is 0. The molecule has 2 aromatic rings. The van der Waals surface area contributed by atoms with E-state index in [-0.39, 0.29) is 0 Å². The minimum Gasteiger partial charge on any atom is -0.508 e. The molecule has 2 N–H and O–H groups in total. The maximum absolute atomic E-state index is 11.4. The number of benzene rings is 2. The normalized spacial score (nSPS) is 35.0. The lowest BCUT2D eigenvalue weighted by Gasteiger charge is -2.53. The molecule has 220 valence electrons. The fourth-order valence-corrected chi connectivity index (χ4v) is 12.6. The summed E-state index contributed by atoms with van der Waals surface area (Å²) in [6.07, 6.45) is 21.4. The molecule has 6 aliphatic carbocycles. The van der Waals surface area contributed by atoms with Gasteiger partial charge in [0.2, 0.25) is 0 Å². The first-order chi connectivity index (χ1) is 20.0. The van der Waals surface area contributed by atoms with Gasteiger partial charge in [0.05, 0.1) is 0 Å². The Morgan fingerprint density at radius 2 is 1.02 bits per heavy atom. The van der Waals surface area contributed by atoms with E-state index in [4.69, 9.17) is 0 Å². The lowest BCUT2D eigenvalue weighted by atomic mass is 9.50. The Morgan fingerprint density at radius 3 is 1.46 bits per heavy atom. The molecule has 0 saturated heterocycles. The Balaban J connectivity index is 1.35. The van der Waals surface area contributed by atoms with Crippen molar-refractivity contribution >= 4 is 0 Å². The fourth-order valence-electron chi connectivity index (χ4n) is 12.6. The van der Waals surface area contributed by atoms with Crippen LogP contribution >= 0.6 is 0 Å². The molecule has 41 heavy (non-hydrogen) atoms. The average Bonchev–Trinajstić information content (AvgIpc) is 3.78. The molecule has 2 aromatic carbocycles. The van der Waals surface area contributed by atoms with Crippen LogP contribution in [0.15, 0.2) is 24.3 Å². The highest BCUT2D eigenvalue weighted by atomic mass is 16.3. The van der Waals surface area contributed by atoms with Gasteiger partial charge in [0, 0.05) is 5.92 Å². The number of rotatable bonds is 5. The Labute approximate surface area is 248 Å². The van der Waals surface area contributed by atoms with Crippen LogP contribution in [0.1, 0.15) is 154 Å². The van der Waals surface area contributed by atoms with Gasteiger partial charge < -0.3 is 10.2 Å². The topological polar surface area (TPSA) is 40.5 Å². The summed E-state index contributed by atoms with van der Waals surface area (Å²) in [5.41, 5.74) is 8.45. The van der Waals surface area contributed by atoms with Crippen molar-refractivity contribution in [2.75, 3.05) is 0 Å². The summed E-state index contributed by atoms with van der Waals surface area (Å²) in [5, 5.41) is 22.7. The van der Waals surface area contributed by atoms with Crippen molar-refractivity contribution < 1.29 is 10.2 Å². The van der Waals surface area contributed by atoms with Gasteiger partial charge in [-0.1, -0.05) is 50.7 Å². The van der Waals surface area contributed by atoms with Gasteiger partial charge in [-0.3, -0.25) is 0 Å². The van der Waals surface area contributed by atoms with Gasteiger partial charge in [0.15, 0.2) is 0 Å². The van der Waals surface area contributed by atoms with Gasteiger partial charge in [0.1, 0.15) is 11.5 Å². The first kappa shape index (κ1) is 26.7. The molecule has 0 radical (unpaired) electrons. The molecule has 4 atom stereocenters. The highest BCUT2D eigenvalue weighted by Gasteiger charge is 2.71. The molecule has 8 rings (SSSR count). The second-order valence-electron chi connectivity index (χ2n) is 15.7. The number of phenols is 2. The number of aromatic hydroxyl groups is 2. The highest BCUT2D eigenvalue weighted by molar-refractivity contribution is 5.54. The second kappa shape index (κ2) is 10.1. The van der Waals surface area contributed by atoms with Gasteiger partial charge in [-0.05, 0) is 170 Å². The number of hydrogen-bond acceptors (Lipinski definition) is 2. The monoisotopic (exact) mass is 552 g/mol. The predicted molar refractivity (Wildman–Crippen MR) is 167 cm³/mol. The Morgan fingerprint density at radius 1 is 0.585 bits per heavy atom. The van der Waals surface area contributed by atoms with Crippen LogP contribution in [0.5, 0.6) is 11.5 Å². The molecular weight excluding hydrogens is 500 g/mol. The van der Waals surface area contributed by atoms with Crippen molar-refractivity contribution in [1.82, 2.24) is 0 Å². The van der Waals surface area contributed by atoms with Crippen molar-refractivity contribution in [2.45, 2.75) is 134 Å². The Bertz CT molecular complexity index is 1220. The number of hydrogen-bond donors (Lipinski definition) is 2. The van der Waals surface area contributed by atoms with Gasteiger partial charge in [-0.25, -0.2) is 0 Å². The lowest BCUT2D eigenvalue weighted by Crippen LogP contribution is -2.46. The lowest BCUT2D eigenvalue weighted by molar-refractivity contribution is 0.00261. The summed E-state index contributed by atoms with van der Waals surface area (Å²) in [6, 6.07) is 9.36. The third-order valence-electron chi connectivity index (χ3n) is 14.0. The van der Waals surface area contributed by atoms with Crippen molar-refractivity contribution in [2.24, 2.45) is 35.0 Å². The van der Waals surface area contributed by atoms with E-state index in [0.29, 0.717) is 34.7 Å². The van der Waals surface area contributed by atoms with E-state index in [2.05, 4.69) is 38.1 Å². The van der Waals surface area contributed by atoms with Crippen molar-refractivity contribution in [1.29, 1.82) is 0 Å². The third-order valence-corrected chi connectivity index (χ3v) is 14.0. The van der Waals surface area contributed by atoms with Crippen LogP contribution in [-0.2, 0) is 0 Å². The molecule has 4 unspecified atom stereocenters. The van der Waals surface area contributed by atoms with Crippen LogP contribution in [0.3, 0.4) is 0 Å². The largest absolute Gasteiger partial charge is 0.508 e. The third kappa shape index (κ3) is 3.94. The van der Waals surface area contributed by atoms with E-state index < -0.39 is 0 Å². The summed E-state index contributed by atoms with van der Waals surface area (Å²) in [5.74, 6) is 6.81. The summed E-state index contributed by atoms with van der Waals surface area (Å²) in [4.78, 5) is 0. The SMILES string of the molecule is Cc1cc(O)c(C2CCCCC2)cc1C(c1cc(C2CCCCC2)c(O)cc1C)C12C3CCC(C3)C1C1CCC2C1. The maximum atomic E-state index is 11.4. The molecule has 2 heteroatoms. The molecule has 0 heterocycles. The zero-order valence-corrected chi connectivity index (χ0v) is 25.6. The molecule has 6 saturated carbocycles. The van der Waals surface area contributed by atoms with E-state index in [1.54, 1.807) is 0 Å². The highest BCUT2D eigenvalue weighted by Crippen LogP contribution is 2.79. The standard InChI is InChI=1S/C39H52O2/c1-23-17-35(40)33(25-9-5-3-6-10-25)21-31(23)38(32-22-34(36(41)18-24(32)2)26-11-7-4-8-12-26)39-29-15-13-27(19-29)37(39)28-14-16-30(39)20-28/h17-18,21-22,25-30,37-38,40-41H,3-16,19-20H2,1-2H3. The fraction of sp³-hybridized carbons (Fsp3) is 0.692. The zero-order chi connectivity index (χ0) is 27.9. The molecule has 6 fully saturated rings. The summed E-state index contributed by atoms with van der Waals surface area (Å²) >= 11 is 0. The number of phenolic OH excluding ortho intramolecular Hbond substituents is 2. The van der Waals surface area contributed by atoms with Gasteiger partial charge in [0.25, 0.3) is 0 Å². The number of fused-ring (bicyclic) bond motifs is 9. The zero-order valence-electron chi connectivity index (χ0n) is 25.6. The molecule has 0 aliphatic heterocycles. The average molecular weight is 553 g/mol. The molecule has 2 nitrogen and oxygen atoms in total. The van der Waals surface area contributed by atoms with E-state index in [0.717, 1.165) is 29.6 Å².